The molecular weight excluding hydrogens is 244 g/mol. The van der Waals surface area contributed by atoms with Gasteiger partial charge in [-0.05, 0) is 36.8 Å². The van der Waals surface area contributed by atoms with Gasteiger partial charge in [-0.1, -0.05) is 64.7 Å². The lowest BCUT2D eigenvalue weighted by molar-refractivity contribution is -0.116. The van der Waals surface area contributed by atoms with Gasteiger partial charge in [0.1, 0.15) is 0 Å². The molecule has 0 bridgehead atoms. The van der Waals surface area contributed by atoms with E-state index in [2.05, 4.69) is 6.92 Å². The largest absolute Gasteiger partial charge is 0.281 e. The zero-order valence-electron chi connectivity index (χ0n) is 11.9. The van der Waals surface area contributed by atoms with Gasteiger partial charge < -0.3 is 0 Å². The van der Waals surface area contributed by atoms with Crippen LogP contribution in [0.15, 0.2) is 0 Å². The van der Waals surface area contributed by atoms with Crippen molar-refractivity contribution in [3.05, 3.63) is 0 Å². The standard InChI is InChI=1S/C16H29ClO/c1-2-3-4-5-6-7-8-9-11-14-12-10-13-15(14)16(17)18/h14-15H,2-13H2,1H3/t14-,15+/m0/s1. The van der Waals surface area contributed by atoms with E-state index in [1.807, 2.05) is 0 Å². The van der Waals surface area contributed by atoms with Gasteiger partial charge >= 0.3 is 0 Å². The molecule has 0 saturated heterocycles. The quantitative estimate of drug-likeness (QED) is 0.368. The molecule has 2 heteroatoms. The van der Waals surface area contributed by atoms with E-state index in [9.17, 15) is 4.79 Å². The Labute approximate surface area is 118 Å². The fourth-order valence-corrected chi connectivity index (χ4v) is 3.51. The number of carbonyl (C=O) groups is 1. The van der Waals surface area contributed by atoms with Crippen LogP contribution in [0.1, 0.15) is 84.0 Å². The molecule has 1 nitrogen and oxygen atoms in total. The van der Waals surface area contributed by atoms with E-state index >= 15 is 0 Å². The first-order chi connectivity index (χ1) is 8.75. The number of hydrogen-bond acceptors (Lipinski definition) is 1. The predicted molar refractivity (Wildman–Crippen MR) is 78.9 cm³/mol. The Morgan fingerprint density at radius 3 is 2.22 bits per heavy atom. The molecule has 1 aliphatic rings. The lowest BCUT2D eigenvalue weighted by Crippen LogP contribution is -2.14. The Bertz CT molecular complexity index is 227. The van der Waals surface area contributed by atoms with Crippen LogP contribution in [0.5, 0.6) is 0 Å². The summed E-state index contributed by atoms with van der Waals surface area (Å²) < 4.78 is 0. The first-order valence-electron chi connectivity index (χ1n) is 7.95. The summed E-state index contributed by atoms with van der Waals surface area (Å²) in [5, 5.41) is -0.0861. The van der Waals surface area contributed by atoms with Gasteiger partial charge in [0.2, 0.25) is 5.24 Å². The Morgan fingerprint density at radius 1 is 1.00 bits per heavy atom. The van der Waals surface area contributed by atoms with Gasteiger partial charge in [-0.15, -0.1) is 0 Å². The molecule has 0 amide bonds. The number of carbonyl (C=O) groups excluding carboxylic acids is 1. The van der Waals surface area contributed by atoms with Crippen molar-refractivity contribution in [2.24, 2.45) is 11.8 Å². The lowest BCUT2D eigenvalue weighted by atomic mass is 9.91. The van der Waals surface area contributed by atoms with Crippen molar-refractivity contribution < 1.29 is 4.79 Å². The number of hydrogen-bond donors (Lipinski definition) is 0. The first-order valence-corrected chi connectivity index (χ1v) is 8.32. The highest BCUT2D eigenvalue weighted by atomic mass is 35.5. The summed E-state index contributed by atoms with van der Waals surface area (Å²) in [6.07, 6.45) is 15.6. The second-order valence-corrected chi connectivity index (χ2v) is 6.24. The maximum Gasteiger partial charge on any atom is 0.224 e. The third-order valence-electron chi connectivity index (χ3n) is 4.38. The van der Waals surface area contributed by atoms with Crippen LogP contribution >= 0.6 is 11.6 Å². The molecule has 0 radical (unpaired) electrons. The molecule has 0 spiro atoms. The van der Waals surface area contributed by atoms with Gasteiger partial charge in [0.05, 0.1) is 0 Å². The molecule has 0 aliphatic heterocycles. The minimum atomic E-state index is -0.0861. The van der Waals surface area contributed by atoms with Gasteiger partial charge in [-0.2, -0.15) is 0 Å². The molecule has 0 aromatic heterocycles. The lowest BCUT2D eigenvalue weighted by Gasteiger charge is -2.15. The van der Waals surface area contributed by atoms with E-state index in [1.54, 1.807) is 0 Å². The van der Waals surface area contributed by atoms with Crippen LogP contribution in [0.25, 0.3) is 0 Å². The molecule has 1 rings (SSSR count). The fourth-order valence-electron chi connectivity index (χ4n) is 3.22. The van der Waals surface area contributed by atoms with E-state index in [4.69, 9.17) is 11.6 Å². The second-order valence-electron chi connectivity index (χ2n) is 5.87. The molecule has 2 atom stereocenters. The van der Waals surface area contributed by atoms with Gasteiger partial charge in [-0.25, -0.2) is 0 Å². The minimum absolute atomic E-state index is 0.0861. The maximum absolute atomic E-state index is 11.3. The van der Waals surface area contributed by atoms with Crippen molar-refractivity contribution in [2.45, 2.75) is 84.0 Å². The van der Waals surface area contributed by atoms with Gasteiger partial charge in [-0.3, -0.25) is 4.79 Å². The van der Waals surface area contributed by atoms with E-state index in [1.165, 1.54) is 70.6 Å². The predicted octanol–water partition coefficient (Wildman–Crippen LogP) is 5.70. The molecule has 1 fully saturated rings. The summed E-state index contributed by atoms with van der Waals surface area (Å²) in [7, 11) is 0. The Hall–Kier alpha value is -0.0400. The molecule has 0 aromatic carbocycles. The molecular formula is C16H29ClO. The fraction of sp³-hybridized carbons (Fsp3) is 0.938. The highest BCUT2D eigenvalue weighted by molar-refractivity contribution is 6.64. The van der Waals surface area contributed by atoms with E-state index in [-0.39, 0.29) is 11.2 Å². The van der Waals surface area contributed by atoms with Crippen molar-refractivity contribution >= 4 is 16.8 Å². The van der Waals surface area contributed by atoms with Crippen LogP contribution < -0.4 is 0 Å². The van der Waals surface area contributed by atoms with Crippen LogP contribution in [0.3, 0.4) is 0 Å². The van der Waals surface area contributed by atoms with Crippen molar-refractivity contribution in [3.8, 4) is 0 Å². The molecule has 1 saturated carbocycles. The smallest absolute Gasteiger partial charge is 0.224 e. The average molecular weight is 273 g/mol. The average Bonchev–Trinajstić information content (AvgIpc) is 2.81. The molecule has 0 unspecified atom stereocenters. The molecule has 0 heterocycles. The SMILES string of the molecule is CCCCCCCCCC[C@H]1CCC[C@H]1C(=O)Cl. The van der Waals surface area contributed by atoms with Crippen LogP contribution in [0.4, 0.5) is 0 Å². The summed E-state index contributed by atoms with van der Waals surface area (Å²) in [4.78, 5) is 11.3. The summed E-state index contributed by atoms with van der Waals surface area (Å²) >= 11 is 5.65. The molecule has 18 heavy (non-hydrogen) atoms. The summed E-state index contributed by atoms with van der Waals surface area (Å²) in [6, 6.07) is 0. The van der Waals surface area contributed by atoms with Crippen LogP contribution in [0, 0.1) is 11.8 Å². The summed E-state index contributed by atoms with van der Waals surface area (Å²) in [5.74, 6) is 0.770. The van der Waals surface area contributed by atoms with Crippen molar-refractivity contribution in [1.29, 1.82) is 0 Å². The van der Waals surface area contributed by atoms with Crippen LogP contribution in [-0.4, -0.2) is 5.24 Å². The summed E-state index contributed by atoms with van der Waals surface area (Å²) in [6.45, 7) is 2.26. The summed E-state index contributed by atoms with van der Waals surface area (Å²) in [5.41, 5.74) is 0. The molecule has 1 aliphatic carbocycles. The van der Waals surface area contributed by atoms with Gasteiger partial charge in [0.25, 0.3) is 0 Å². The number of halogens is 1. The second kappa shape index (κ2) is 9.83. The Kier molecular flexibility index (Phi) is 8.75. The maximum atomic E-state index is 11.3. The van der Waals surface area contributed by atoms with Crippen molar-refractivity contribution in [1.82, 2.24) is 0 Å². The highest BCUT2D eigenvalue weighted by Crippen LogP contribution is 2.36. The van der Waals surface area contributed by atoms with Crippen LogP contribution in [-0.2, 0) is 4.79 Å². The normalized spacial score (nSPS) is 23.4. The minimum Gasteiger partial charge on any atom is -0.281 e. The van der Waals surface area contributed by atoms with E-state index < -0.39 is 0 Å². The topological polar surface area (TPSA) is 17.1 Å². The van der Waals surface area contributed by atoms with E-state index in [0.29, 0.717) is 5.92 Å². The monoisotopic (exact) mass is 272 g/mol. The zero-order chi connectivity index (χ0) is 13.2. The highest BCUT2D eigenvalue weighted by Gasteiger charge is 2.31. The molecule has 106 valence electrons. The number of unbranched alkanes of at least 4 members (excludes halogenated alkanes) is 7. The van der Waals surface area contributed by atoms with E-state index in [0.717, 1.165) is 6.42 Å². The third-order valence-corrected chi connectivity index (χ3v) is 4.66. The van der Waals surface area contributed by atoms with Gasteiger partial charge in [0, 0.05) is 5.92 Å². The molecule has 0 aromatic rings. The Balaban J connectivity index is 1.96. The number of rotatable bonds is 10. The van der Waals surface area contributed by atoms with Gasteiger partial charge in [0.15, 0.2) is 0 Å². The zero-order valence-corrected chi connectivity index (χ0v) is 12.7. The van der Waals surface area contributed by atoms with Crippen LogP contribution in [0.2, 0.25) is 0 Å². The van der Waals surface area contributed by atoms with Crippen molar-refractivity contribution in [2.75, 3.05) is 0 Å². The first kappa shape index (κ1) is 16.0. The van der Waals surface area contributed by atoms with Crippen molar-refractivity contribution in [3.63, 3.8) is 0 Å². The third kappa shape index (κ3) is 6.22. The Morgan fingerprint density at radius 2 is 1.61 bits per heavy atom. The molecule has 0 N–H and O–H groups in total.